The standard InChI is InChI=1S/C8H11ClN2S/c1-7-8(9)6-11(10-7)4-2-3-5-12/h2-3,6,12H,4-5H2,1H3. The van der Waals surface area contributed by atoms with E-state index in [9.17, 15) is 0 Å². The van der Waals surface area contributed by atoms with Gasteiger partial charge in [0.1, 0.15) is 0 Å². The predicted molar refractivity (Wildman–Crippen MR) is 55.0 cm³/mol. The molecule has 0 aromatic carbocycles. The van der Waals surface area contributed by atoms with Gasteiger partial charge in [-0.15, -0.1) is 0 Å². The van der Waals surface area contributed by atoms with Gasteiger partial charge < -0.3 is 0 Å². The van der Waals surface area contributed by atoms with Gasteiger partial charge in [-0.3, -0.25) is 4.68 Å². The van der Waals surface area contributed by atoms with Crippen LogP contribution in [0.1, 0.15) is 5.69 Å². The van der Waals surface area contributed by atoms with Crippen molar-refractivity contribution in [2.24, 2.45) is 0 Å². The van der Waals surface area contributed by atoms with Crippen LogP contribution in [0.5, 0.6) is 0 Å². The van der Waals surface area contributed by atoms with Crippen molar-refractivity contribution in [2.45, 2.75) is 13.5 Å². The summed E-state index contributed by atoms with van der Waals surface area (Å²) in [7, 11) is 0. The summed E-state index contributed by atoms with van der Waals surface area (Å²) in [5.74, 6) is 0.758. The Labute approximate surface area is 82.6 Å². The van der Waals surface area contributed by atoms with Crippen LogP contribution in [0.15, 0.2) is 18.3 Å². The number of hydrogen-bond donors (Lipinski definition) is 1. The van der Waals surface area contributed by atoms with Crippen LogP contribution in [0.25, 0.3) is 0 Å². The third-order valence-corrected chi connectivity index (χ3v) is 2.03. The fourth-order valence-electron chi connectivity index (χ4n) is 0.844. The topological polar surface area (TPSA) is 17.8 Å². The van der Waals surface area contributed by atoms with E-state index in [1.807, 2.05) is 25.3 Å². The van der Waals surface area contributed by atoms with E-state index in [1.54, 1.807) is 4.68 Å². The number of aromatic nitrogens is 2. The summed E-state index contributed by atoms with van der Waals surface area (Å²) in [6, 6.07) is 0. The summed E-state index contributed by atoms with van der Waals surface area (Å²) in [4.78, 5) is 0. The molecule has 2 nitrogen and oxygen atoms in total. The Bertz CT molecular complexity index is 261. The van der Waals surface area contributed by atoms with Gasteiger partial charge in [-0.05, 0) is 6.92 Å². The second-order valence-electron chi connectivity index (χ2n) is 2.44. The quantitative estimate of drug-likeness (QED) is 0.589. The summed E-state index contributed by atoms with van der Waals surface area (Å²) in [6.45, 7) is 2.65. The highest BCUT2D eigenvalue weighted by molar-refractivity contribution is 7.80. The van der Waals surface area contributed by atoms with Crippen molar-refractivity contribution >= 4 is 24.2 Å². The molecule has 1 aromatic heterocycles. The van der Waals surface area contributed by atoms with E-state index >= 15 is 0 Å². The van der Waals surface area contributed by atoms with Crippen LogP contribution in [-0.2, 0) is 6.54 Å². The number of allylic oxidation sites excluding steroid dienone is 1. The molecule has 0 fully saturated rings. The molecular formula is C8H11ClN2S. The average Bonchev–Trinajstić information content (AvgIpc) is 2.32. The molecule has 1 heterocycles. The molecule has 4 heteroatoms. The van der Waals surface area contributed by atoms with Crippen molar-refractivity contribution in [2.75, 3.05) is 5.75 Å². The highest BCUT2D eigenvalue weighted by atomic mass is 35.5. The number of nitrogens with zero attached hydrogens (tertiary/aromatic N) is 2. The lowest BCUT2D eigenvalue weighted by molar-refractivity contribution is 0.693. The van der Waals surface area contributed by atoms with Gasteiger partial charge in [-0.1, -0.05) is 23.8 Å². The Morgan fingerprint density at radius 2 is 2.42 bits per heavy atom. The van der Waals surface area contributed by atoms with Crippen molar-refractivity contribution in [1.82, 2.24) is 9.78 Å². The van der Waals surface area contributed by atoms with E-state index in [0.717, 1.165) is 18.0 Å². The van der Waals surface area contributed by atoms with Crippen molar-refractivity contribution in [3.63, 3.8) is 0 Å². The van der Waals surface area contributed by atoms with E-state index in [1.165, 1.54) is 0 Å². The SMILES string of the molecule is Cc1nn(CC=CCS)cc1Cl. The molecule has 0 bridgehead atoms. The third-order valence-electron chi connectivity index (χ3n) is 1.45. The smallest absolute Gasteiger partial charge is 0.0815 e. The molecule has 12 heavy (non-hydrogen) atoms. The molecule has 1 rings (SSSR count). The molecule has 1 aromatic rings. The van der Waals surface area contributed by atoms with E-state index in [4.69, 9.17) is 11.6 Å². The minimum Gasteiger partial charge on any atom is -0.267 e. The Balaban J connectivity index is 2.58. The highest BCUT2D eigenvalue weighted by Gasteiger charge is 1.98. The summed E-state index contributed by atoms with van der Waals surface area (Å²) < 4.78 is 1.80. The molecule has 0 aliphatic carbocycles. The molecule has 0 aliphatic rings. The van der Waals surface area contributed by atoms with Gasteiger partial charge in [0.15, 0.2) is 0 Å². The minimum absolute atomic E-state index is 0.717. The molecule has 0 saturated heterocycles. The molecule has 0 atom stereocenters. The summed E-state index contributed by atoms with van der Waals surface area (Å²) in [5, 5.41) is 4.91. The second kappa shape index (κ2) is 4.58. The van der Waals surface area contributed by atoms with E-state index in [-0.39, 0.29) is 0 Å². The van der Waals surface area contributed by atoms with Crippen LogP contribution >= 0.6 is 24.2 Å². The lowest BCUT2D eigenvalue weighted by atomic mass is 10.5. The van der Waals surface area contributed by atoms with Crippen molar-refractivity contribution < 1.29 is 0 Å². The average molecular weight is 203 g/mol. The maximum atomic E-state index is 5.82. The number of thiol groups is 1. The van der Waals surface area contributed by atoms with Crippen molar-refractivity contribution in [3.05, 3.63) is 29.1 Å². The van der Waals surface area contributed by atoms with Gasteiger partial charge in [-0.25, -0.2) is 0 Å². The Morgan fingerprint density at radius 3 is 2.92 bits per heavy atom. The van der Waals surface area contributed by atoms with E-state index < -0.39 is 0 Å². The Kier molecular flexibility index (Phi) is 3.69. The predicted octanol–water partition coefficient (Wildman–Crippen LogP) is 2.33. The van der Waals surface area contributed by atoms with Crippen molar-refractivity contribution in [3.8, 4) is 0 Å². The van der Waals surface area contributed by atoms with Crippen LogP contribution in [0.3, 0.4) is 0 Å². The Hall–Kier alpha value is -0.410. The van der Waals surface area contributed by atoms with Crippen LogP contribution in [0, 0.1) is 6.92 Å². The molecular weight excluding hydrogens is 192 g/mol. The first-order valence-electron chi connectivity index (χ1n) is 3.69. The fourth-order valence-corrected chi connectivity index (χ4v) is 1.14. The summed E-state index contributed by atoms with van der Waals surface area (Å²) in [6.07, 6.45) is 5.81. The van der Waals surface area contributed by atoms with E-state index in [2.05, 4.69) is 17.7 Å². The third kappa shape index (κ3) is 2.57. The number of halogens is 1. The normalized spacial score (nSPS) is 11.2. The minimum atomic E-state index is 0.717. The van der Waals surface area contributed by atoms with Gasteiger partial charge >= 0.3 is 0 Å². The zero-order valence-corrected chi connectivity index (χ0v) is 8.52. The monoisotopic (exact) mass is 202 g/mol. The molecule has 0 amide bonds. The second-order valence-corrected chi connectivity index (χ2v) is 3.21. The van der Waals surface area contributed by atoms with Gasteiger partial charge in [0.25, 0.3) is 0 Å². The summed E-state index contributed by atoms with van der Waals surface area (Å²) in [5.41, 5.74) is 0.871. The fraction of sp³-hybridized carbons (Fsp3) is 0.375. The number of hydrogen-bond acceptors (Lipinski definition) is 2. The van der Waals surface area contributed by atoms with Gasteiger partial charge in [0.2, 0.25) is 0 Å². The Morgan fingerprint density at radius 1 is 1.67 bits per heavy atom. The lowest BCUT2D eigenvalue weighted by Gasteiger charge is -1.92. The maximum absolute atomic E-state index is 5.82. The molecule has 0 spiro atoms. The van der Waals surface area contributed by atoms with Crippen LogP contribution in [-0.4, -0.2) is 15.5 Å². The van der Waals surface area contributed by atoms with Crippen LogP contribution in [0.2, 0.25) is 5.02 Å². The van der Waals surface area contributed by atoms with Crippen LogP contribution in [0.4, 0.5) is 0 Å². The maximum Gasteiger partial charge on any atom is 0.0815 e. The largest absolute Gasteiger partial charge is 0.267 e. The molecule has 66 valence electrons. The number of aryl methyl sites for hydroxylation is 1. The molecule has 0 N–H and O–H groups in total. The lowest BCUT2D eigenvalue weighted by Crippen LogP contribution is -1.95. The summed E-state index contributed by atoms with van der Waals surface area (Å²) >= 11 is 9.87. The zero-order valence-electron chi connectivity index (χ0n) is 6.87. The zero-order chi connectivity index (χ0) is 8.97. The van der Waals surface area contributed by atoms with Crippen LogP contribution < -0.4 is 0 Å². The molecule has 0 aliphatic heterocycles. The van der Waals surface area contributed by atoms with Gasteiger partial charge in [-0.2, -0.15) is 17.7 Å². The molecule has 0 saturated carbocycles. The van der Waals surface area contributed by atoms with E-state index in [0.29, 0.717) is 5.02 Å². The number of rotatable bonds is 3. The van der Waals surface area contributed by atoms with Gasteiger partial charge in [0.05, 0.1) is 17.3 Å². The first kappa shape index (κ1) is 9.68. The first-order valence-corrected chi connectivity index (χ1v) is 4.70. The highest BCUT2D eigenvalue weighted by Crippen LogP contribution is 2.11. The van der Waals surface area contributed by atoms with Crippen molar-refractivity contribution in [1.29, 1.82) is 0 Å². The molecule has 0 radical (unpaired) electrons. The first-order chi connectivity index (χ1) is 5.74. The molecule has 0 unspecified atom stereocenters. The van der Waals surface area contributed by atoms with Gasteiger partial charge in [0, 0.05) is 11.9 Å².